The summed E-state index contributed by atoms with van der Waals surface area (Å²) >= 11 is 0. The second kappa shape index (κ2) is 15.9. The maximum Gasteiger partial charge on any atom is 0.254 e. The molecule has 0 N–H and O–H groups in total. The van der Waals surface area contributed by atoms with Gasteiger partial charge in [0.15, 0.2) is 0 Å². The summed E-state index contributed by atoms with van der Waals surface area (Å²) < 4.78 is 5.95. The molecule has 0 heterocycles. The Labute approximate surface area is 224 Å². The highest BCUT2D eigenvalue weighted by molar-refractivity contribution is 5.94. The van der Waals surface area contributed by atoms with Gasteiger partial charge in [-0.25, -0.2) is 0 Å². The lowest BCUT2D eigenvalue weighted by Gasteiger charge is -2.28. The maximum absolute atomic E-state index is 13.6. The van der Waals surface area contributed by atoms with Gasteiger partial charge >= 0.3 is 0 Å². The van der Waals surface area contributed by atoms with E-state index in [1.165, 1.54) is 31.2 Å². The van der Waals surface area contributed by atoms with Crippen LogP contribution < -0.4 is 4.74 Å². The minimum Gasteiger partial charge on any atom is -0.457 e. The largest absolute Gasteiger partial charge is 0.457 e. The monoisotopic (exact) mass is 500 g/mol. The lowest BCUT2D eigenvalue weighted by atomic mass is 10.1. The van der Waals surface area contributed by atoms with E-state index in [2.05, 4.69) is 49.9 Å². The molecule has 3 aromatic rings. The molecule has 0 spiro atoms. The lowest BCUT2D eigenvalue weighted by Crippen LogP contribution is -2.39. The van der Waals surface area contributed by atoms with Crippen molar-refractivity contribution < 1.29 is 9.53 Å². The molecule has 1 amide bonds. The van der Waals surface area contributed by atoms with E-state index < -0.39 is 0 Å². The summed E-state index contributed by atoms with van der Waals surface area (Å²) in [5.74, 6) is 1.71. The molecule has 0 saturated carbocycles. The molecule has 4 nitrogen and oxygen atoms in total. The first-order chi connectivity index (χ1) is 18.1. The van der Waals surface area contributed by atoms with Gasteiger partial charge in [-0.05, 0) is 79.9 Å². The molecule has 0 bridgehead atoms. The van der Waals surface area contributed by atoms with Crippen molar-refractivity contribution in [2.45, 2.75) is 65.8 Å². The summed E-state index contributed by atoms with van der Waals surface area (Å²) in [6.45, 7) is 11.0. The second-order valence-corrected chi connectivity index (χ2v) is 9.78. The molecule has 0 aromatic heterocycles. The van der Waals surface area contributed by atoms with Crippen molar-refractivity contribution in [3.63, 3.8) is 0 Å². The van der Waals surface area contributed by atoms with Crippen LogP contribution in [0, 0.1) is 0 Å². The molecule has 3 rings (SSSR count). The molecule has 0 fully saturated rings. The molecular weight excluding hydrogens is 456 g/mol. The Bertz CT molecular complexity index is 1020. The number of rotatable bonds is 16. The number of carbonyl (C=O) groups excluding carboxylic acids is 1. The Morgan fingerprint density at radius 3 is 1.84 bits per heavy atom. The summed E-state index contributed by atoms with van der Waals surface area (Å²) in [5.41, 5.74) is 3.15. The zero-order chi connectivity index (χ0) is 26.3. The van der Waals surface area contributed by atoms with Crippen LogP contribution in [0.25, 0.3) is 0 Å². The summed E-state index contributed by atoms with van der Waals surface area (Å²) in [6, 6.07) is 26.1. The molecular formula is C33H44N2O2. The molecule has 0 saturated heterocycles. The molecule has 0 aliphatic rings. The number of para-hydroxylation sites is 1. The van der Waals surface area contributed by atoms with Gasteiger partial charge in [0, 0.05) is 25.2 Å². The Hall–Kier alpha value is -3.11. The minimum atomic E-state index is 0.0959. The molecule has 0 aliphatic heterocycles. The molecule has 0 atom stereocenters. The van der Waals surface area contributed by atoms with Crippen molar-refractivity contribution in [2.24, 2.45) is 0 Å². The van der Waals surface area contributed by atoms with Gasteiger partial charge < -0.3 is 14.5 Å². The predicted molar refractivity (Wildman–Crippen MR) is 154 cm³/mol. The van der Waals surface area contributed by atoms with Gasteiger partial charge in [-0.2, -0.15) is 0 Å². The molecule has 0 unspecified atom stereocenters. The first-order valence-corrected chi connectivity index (χ1v) is 14.0. The normalized spacial score (nSPS) is 11.0. The number of ether oxygens (including phenoxy) is 1. The Morgan fingerprint density at radius 2 is 1.24 bits per heavy atom. The number of hydrogen-bond acceptors (Lipinski definition) is 3. The summed E-state index contributed by atoms with van der Waals surface area (Å²) in [7, 11) is 0. The minimum absolute atomic E-state index is 0.0959. The van der Waals surface area contributed by atoms with E-state index in [4.69, 9.17) is 4.74 Å². The van der Waals surface area contributed by atoms with Gasteiger partial charge in [-0.1, -0.05) is 82.5 Å². The van der Waals surface area contributed by atoms with Gasteiger partial charge in [0.2, 0.25) is 0 Å². The fraction of sp³-hybridized carbons (Fsp3) is 0.424. The van der Waals surface area contributed by atoms with Gasteiger partial charge in [-0.15, -0.1) is 0 Å². The van der Waals surface area contributed by atoms with Crippen LogP contribution in [0.5, 0.6) is 11.5 Å². The first kappa shape index (κ1) is 28.5. The smallest absolute Gasteiger partial charge is 0.254 e. The van der Waals surface area contributed by atoms with E-state index >= 15 is 0 Å². The van der Waals surface area contributed by atoms with Crippen molar-refractivity contribution in [3.8, 4) is 11.5 Å². The highest BCUT2D eigenvalue weighted by atomic mass is 16.5. The molecule has 0 aliphatic carbocycles. The lowest BCUT2D eigenvalue weighted by molar-refractivity contribution is 0.0720. The van der Waals surface area contributed by atoms with E-state index in [1.807, 2.05) is 59.5 Å². The van der Waals surface area contributed by atoms with Gasteiger partial charge in [0.25, 0.3) is 5.91 Å². The van der Waals surface area contributed by atoms with Crippen LogP contribution in [0.3, 0.4) is 0 Å². The standard InChI is InChI=1S/C33H44N2O2/c1-4-7-23-34(24-8-5-2)25-26-35(33(36)30-19-15-28(12-6-3)16-20-30)27-29-17-21-32(22-18-29)37-31-13-10-9-11-14-31/h9-11,13-22H,4-8,12,23-27H2,1-3H3. The van der Waals surface area contributed by atoms with Crippen LogP contribution in [0.15, 0.2) is 78.9 Å². The number of benzene rings is 3. The van der Waals surface area contributed by atoms with Crippen molar-refractivity contribution in [1.29, 1.82) is 0 Å². The predicted octanol–water partition coefficient (Wildman–Crippen LogP) is 7.98. The Morgan fingerprint density at radius 1 is 0.649 bits per heavy atom. The highest BCUT2D eigenvalue weighted by Crippen LogP contribution is 2.22. The molecule has 0 radical (unpaired) electrons. The average Bonchev–Trinajstić information content (AvgIpc) is 2.93. The summed E-state index contributed by atoms with van der Waals surface area (Å²) in [4.78, 5) is 18.2. The second-order valence-electron chi connectivity index (χ2n) is 9.78. The van der Waals surface area contributed by atoms with Crippen LogP contribution in [0.1, 0.15) is 74.4 Å². The number of carbonyl (C=O) groups is 1. The maximum atomic E-state index is 13.6. The van der Waals surface area contributed by atoms with Crippen molar-refractivity contribution in [3.05, 3.63) is 95.6 Å². The van der Waals surface area contributed by atoms with Crippen LogP contribution in [0.2, 0.25) is 0 Å². The van der Waals surface area contributed by atoms with Gasteiger partial charge in [0.05, 0.1) is 0 Å². The molecule has 37 heavy (non-hydrogen) atoms. The Balaban J connectivity index is 1.73. The van der Waals surface area contributed by atoms with Crippen molar-refractivity contribution in [1.82, 2.24) is 9.80 Å². The first-order valence-electron chi connectivity index (χ1n) is 14.0. The third kappa shape index (κ3) is 9.70. The number of amides is 1. The van der Waals surface area contributed by atoms with Gasteiger partial charge in [0.1, 0.15) is 11.5 Å². The SMILES string of the molecule is CCCCN(CCCC)CCN(Cc1ccc(Oc2ccccc2)cc1)C(=O)c1ccc(CCC)cc1. The third-order valence-electron chi connectivity index (χ3n) is 6.64. The van der Waals surface area contributed by atoms with E-state index in [0.717, 1.165) is 55.1 Å². The van der Waals surface area contributed by atoms with Crippen molar-refractivity contribution >= 4 is 5.91 Å². The zero-order valence-electron chi connectivity index (χ0n) is 23.0. The van der Waals surface area contributed by atoms with Crippen LogP contribution >= 0.6 is 0 Å². The van der Waals surface area contributed by atoms with Crippen LogP contribution in [0.4, 0.5) is 0 Å². The summed E-state index contributed by atoms with van der Waals surface area (Å²) in [5, 5.41) is 0. The fourth-order valence-corrected chi connectivity index (χ4v) is 4.41. The van der Waals surface area contributed by atoms with Gasteiger partial charge in [-0.3, -0.25) is 4.79 Å². The average molecular weight is 501 g/mol. The fourth-order valence-electron chi connectivity index (χ4n) is 4.41. The number of hydrogen-bond donors (Lipinski definition) is 0. The number of nitrogens with zero attached hydrogens (tertiary/aromatic N) is 2. The summed E-state index contributed by atoms with van der Waals surface area (Å²) in [6.07, 6.45) is 6.91. The molecule has 198 valence electrons. The van der Waals surface area contributed by atoms with Crippen molar-refractivity contribution in [2.75, 3.05) is 26.2 Å². The van der Waals surface area contributed by atoms with Crippen LogP contribution in [-0.4, -0.2) is 41.9 Å². The Kier molecular flexibility index (Phi) is 12.2. The van der Waals surface area contributed by atoms with E-state index in [9.17, 15) is 4.79 Å². The number of unbranched alkanes of at least 4 members (excludes halogenated alkanes) is 2. The van der Waals surface area contributed by atoms with Crippen LogP contribution in [-0.2, 0) is 13.0 Å². The topological polar surface area (TPSA) is 32.8 Å². The van der Waals surface area contributed by atoms with E-state index in [-0.39, 0.29) is 5.91 Å². The molecule has 3 aromatic carbocycles. The number of aryl methyl sites for hydroxylation is 1. The highest BCUT2D eigenvalue weighted by Gasteiger charge is 2.18. The third-order valence-corrected chi connectivity index (χ3v) is 6.64. The van der Waals surface area contributed by atoms with E-state index in [0.29, 0.717) is 13.1 Å². The zero-order valence-corrected chi connectivity index (χ0v) is 23.0. The quantitative estimate of drug-likeness (QED) is 0.200. The van der Waals surface area contributed by atoms with E-state index in [1.54, 1.807) is 0 Å². The molecule has 4 heteroatoms.